The smallest absolute Gasteiger partial charge is 0.315 e. The lowest BCUT2D eigenvalue weighted by Crippen LogP contribution is -2.47. The summed E-state index contributed by atoms with van der Waals surface area (Å²) in [7, 11) is 2.12. The summed E-state index contributed by atoms with van der Waals surface area (Å²) >= 11 is 5.90. The summed E-state index contributed by atoms with van der Waals surface area (Å²) in [6.07, 6.45) is 2.88. The Labute approximate surface area is 131 Å². The first kappa shape index (κ1) is 16.1. The van der Waals surface area contributed by atoms with Gasteiger partial charge in [0, 0.05) is 11.1 Å². The molecule has 2 N–H and O–H groups in total. The van der Waals surface area contributed by atoms with Crippen LogP contribution in [-0.4, -0.2) is 37.1 Å². The first-order valence-electron chi connectivity index (χ1n) is 7.59. The van der Waals surface area contributed by atoms with Gasteiger partial charge in [0.1, 0.15) is 0 Å². The number of piperidine rings is 1. The van der Waals surface area contributed by atoms with E-state index >= 15 is 0 Å². The van der Waals surface area contributed by atoms with E-state index in [-0.39, 0.29) is 18.1 Å². The van der Waals surface area contributed by atoms with E-state index < -0.39 is 0 Å². The Hall–Kier alpha value is -1.26. The molecule has 2 rings (SSSR count). The number of benzene rings is 1. The van der Waals surface area contributed by atoms with Crippen LogP contribution in [0.1, 0.15) is 37.8 Å². The molecule has 0 aliphatic carbocycles. The Morgan fingerprint density at radius 3 is 2.52 bits per heavy atom. The first-order valence-corrected chi connectivity index (χ1v) is 7.97. The predicted molar refractivity (Wildman–Crippen MR) is 86.7 cm³/mol. The van der Waals surface area contributed by atoms with Crippen molar-refractivity contribution < 1.29 is 4.79 Å². The number of nitrogens with zero attached hydrogens (tertiary/aromatic N) is 1. The molecule has 2 amide bonds. The van der Waals surface area contributed by atoms with Crippen LogP contribution >= 0.6 is 11.6 Å². The van der Waals surface area contributed by atoms with Crippen molar-refractivity contribution in [3.63, 3.8) is 0 Å². The number of hydrogen-bond acceptors (Lipinski definition) is 2. The highest BCUT2D eigenvalue weighted by molar-refractivity contribution is 6.30. The summed E-state index contributed by atoms with van der Waals surface area (Å²) in [5.74, 6) is 0. The van der Waals surface area contributed by atoms with Crippen molar-refractivity contribution in [2.24, 2.45) is 0 Å². The Kier molecular flexibility index (Phi) is 5.88. The molecule has 5 heteroatoms. The average molecular weight is 310 g/mol. The van der Waals surface area contributed by atoms with Crippen LogP contribution in [0.4, 0.5) is 4.79 Å². The number of hydrogen-bond donors (Lipinski definition) is 2. The maximum Gasteiger partial charge on any atom is 0.315 e. The molecule has 1 aliphatic heterocycles. The topological polar surface area (TPSA) is 44.4 Å². The van der Waals surface area contributed by atoms with Gasteiger partial charge in [-0.25, -0.2) is 4.79 Å². The summed E-state index contributed by atoms with van der Waals surface area (Å²) in [6, 6.07) is 7.87. The molecule has 0 radical (unpaired) electrons. The molecule has 1 aromatic carbocycles. The molecule has 1 saturated heterocycles. The second-order valence-electron chi connectivity index (χ2n) is 5.71. The molecular formula is C16H24ClN3O. The van der Waals surface area contributed by atoms with Crippen LogP contribution in [0.15, 0.2) is 24.3 Å². The molecular weight excluding hydrogens is 286 g/mol. The number of likely N-dealkylation sites (tertiary alicyclic amines) is 1. The number of halogens is 1. The van der Waals surface area contributed by atoms with Crippen LogP contribution in [0.25, 0.3) is 0 Å². The molecule has 0 saturated carbocycles. The van der Waals surface area contributed by atoms with Gasteiger partial charge >= 0.3 is 6.03 Å². The van der Waals surface area contributed by atoms with Gasteiger partial charge in [-0.3, -0.25) is 0 Å². The third-order valence-electron chi connectivity index (χ3n) is 4.04. The summed E-state index contributed by atoms with van der Waals surface area (Å²) in [4.78, 5) is 14.4. The standard InChI is InChI=1S/C16H24ClN3O/c1-3-15(12-4-6-13(17)7-5-12)19-16(21)18-14-8-10-20(2)11-9-14/h4-7,14-15H,3,8-11H2,1-2H3,(H2,18,19,21). The minimum Gasteiger partial charge on any atom is -0.335 e. The van der Waals surface area contributed by atoms with Gasteiger partial charge in [0.15, 0.2) is 0 Å². The van der Waals surface area contributed by atoms with Gasteiger partial charge in [0.25, 0.3) is 0 Å². The van der Waals surface area contributed by atoms with E-state index in [0.29, 0.717) is 5.02 Å². The summed E-state index contributed by atoms with van der Waals surface area (Å²) in [5.41, 5.74) is 1.08. The molecule has 0 spiro atoms. The van der Waals surface area contributed by atoms with Crippen LogP contribution in [0.3, 0.4) is 0 Å². The maximum atomic E-state index is 12.1. The van der Waals surface area contributed by atoms with Crippen molar-refractivity contribution in [1.82, 2.24) is 15.5 Å². The molecule has 1 aliphatic rings. The third-order valence-corrected chi connectivity index (χ3v) is 4.29. The van der Waals surface area contributed by atoms with Crippen LogP contribution in [0, 0.1) is 0 Å². The van der Waals surface area contributed by atoms with E-state index in [4.69, 9.17) is 11.6 Å². The van der Waals surface area contributed by atoms with E-state index in [1.54, 1.807) is 0 Å². The van der Waals surface area contributed by atoms with Gasteiger partial charge in [0.2, 0.25) is 0 Å². The van der Waals surface area contributed by atoms with Crippen molar-refractivity contribution in [3.05, 3.63) is 34.9 Å². The fourth-order valence-corrected chi connectivity index (χ4v) is 2.78. The monoisotopic (exact) mass is 309 g/mol. The van der Waals surface area contributed by atoms with E-state index in [9.17, 15) is 4.79 Å². The quantitative estimate of drug-likeness (QED) is 0.897. The normalized spacial score (nSPS) is 18.2. The molecule has 1 aromatic rings. The Bertz CT molecular complexity index is 455. The van der Waals surface area contributed by atoms with Crippen LogP contribution in [0.2, 0.25) is 5.02 Å². The molecule has 1 heterocycles. The second-order valence-corrected chi connectivity index (χ2v) is 6.14. The third kappa shape index (κ3) is 4.90. The lowest BCUT2D eigenvalue weighted by molar-refractivity contribution is 0.211. The van der Waals surface area contributed by atoms with E-state index in [0.717, 1.165) is 37.9 Å². The molecule has 21 heavy (non-hydrogen) atoms. The Morgan fingerprint density at radius 2 is 1.95 bits per heavy atom. The van der Waals surface area contributed by atoms with Crippen LogP contribution in [0.5, 0.6) is 0 Å². The van der Waals surface area contributed by atoms with Crippen molar-refractivity contribution in [2.75, 3.05) is 20.1 Å². The van der Waals surface area contributed by atoms with Gasteiger partial charge in [-0.1, -0.05) is 30.7 Å². The van der Waals surface area contributed by atoms with Gasteiger partial charge in [-0.2, -0.15) is 0 Å². The molecule has 0 bridgehead atoms. The van der Waals surface area contributed by atoms with Crippen molar-refractivity contribution in [3.8, 4) is 0 Å². The van der Waals surface area contributed by atoms with Crippen LogP contribution in [-0.2, 0) is 0 Å². The zero-order valence-electron chi connectivity index (χ0n) is 12.7. The highest BCUT2D eigenvalue weighted by Crippen LogP contribution is 2.19. The zero-order chi connectivity index (χ0) is 15.2. The fraction of sp³-hybridized carbons (Fsp3) is 0.562. The summed E-state index contributed by atoms with van der Waals surface area (Å²) in [5, 5.41) is 6.85. The highest BCUT2D eigenvalue weighted by Gasteiger charge is 2.20. The van der Waals surface area contributed by atoms with Crippen LogP contribution < -0.4 is 10.6 Å². The second kappa shape index (κ2) is 7.66. The minimum atomic E-state index is -0.0775. The average Bonchev–Trinajstić information content (AvgIpc) is 2.48. The van der Waals surface area contributed by atoms with E-state index in [1.165, 1.54) is 0 Å². The molecule has 116 valence electrons. The van der Waals surface area contributed by atoms with Gasteiger partial charge < -0.3 is 15.5 Å². The number of rotatable bonds is 4. The number of carbonyl (C=O) groups is 1. The van der Waals surface area contributed by atoms with E-state index in [2.05, 4.69) is 29.5 Å². The SMILES string of the molecule is CCC(NC(=O)NC1CCN(C)CC1)c1ccc(Cl)cc1. The highest BCUT2D eigenvalue weighted by atomic mass is 35.5. The molecule has 1 unspecified atom stereocenters. The van der Waals surface area contributed by atoms with Crippen molar-refractivity contribution >= 4 is 17.6 Å². The minimum absolute atomic E-state index is 0.0218. The number of carbonyl (C=O) groups excluding carboxylic acids is 1. The molecule has 1 fully saturated rings. The largest absolute Gasteiger partial charge is 0.335 e. The predicted octanol–water partition coefficient (Wildman–Crippen LogP) is 3.18. The number of nitrogens with one attached hydrogen (secondary N) is 2. The fourth-order valence-electron chi connectivity index (χ4n) is 2.65. The molecule has 4 nitrogen and oxygen atoms in total. The van der Waals surface area contributed by atoms with Gasteiger partial charge in [-0.05, 0) is 57.1 Å². The lowest BCUT2D eigenvalue weighted by Gasteiger charge is -2.30. The summed E-state index contributed by atoms with van der Waals surface area (Å²) < 4.78 is 0. The van der Waals surface area contributed by atoms with Crippen molar-refractivity contribution in [2.45, 2.75) is 38.3 Å². The van der Waals surface area contributed by atoms with Gasteiger partial charge in [0.05, 0.1) is 6.04 Å². The molecule has 1 atom stereocenters. The Morgan fingerprint density at radius 1 is 1.33 bits per heavy atom. The van der Waals surface area contributed by atoms with Crippen molar-refractivity contribution in [1.29, 1.82) is 0 Å². The number of amides is 2. The first-order chi connectivity index (χ1) is 10.1. The lowest BCUT2D eigenvalue weighted by atomic mass is 10.0. The Balaban J connectivity index is 1.86. The summed E-state index contributed by atoms with van der Waals surface area (Å²) in [6.45, 7) is 4.15. The molecule has 0 aromatic heterocycles. The van der Waals surface area contributed by atoms with E-state index in [1.807, 2.05) is 24.3 Å². The number of urea groups is 1. The van der Waals surface area contributed by atoms with Gasteiger partial charge in [-0.15, -0.1) is 0 Å². The maximum absolute atomic E-state index is 12.1. The zero-order valence-corrected chi connectivity index (χ0v) is 13.5.